The molecule has 0 bridgehead atoms. The van der Waals surface area contributed by atoms with Gasteiger partial charge in [-0.05, 0) is 0 Å². The van der Waals surface area contributed by atoms with Crippen molar-refractivity contribution in [3.05, 3.63) is 0 Å². The maximum Gasteiger partial charge on any atom is 1.00 e. The third-order valence-electron chi connectivity index (χ3n) is 1.80. The summed E-state index contributed by atoms with van der Waals surface area (Å²) in [6, 6.07) is 0. The second-order valence-electron chi connectivity index (χ2n) is 2.75. The number of carboxylic acid groups (broad SMARTS) is 1. The summed E-state index contributed by atoms with van der Waals surface area (Å²) in [7, 11) is 1.24. The topological polar surface area (TPSA) is 84.9 Å². The molecule has 14 heavy (non-hydrogen) atoms. The standard InChI is InChI=1S/C7H11NO5.Li.H/c1-12-7(11)8-6-4(3-13-6)2-5(9)10;;/h4,6H,2-3H2,1H3,(H,8,11)(H,9,10);;/q;+1;-1. The van der Waals surface area contributed by atoms with E-state index in [9.17, 15) is 9.59 Å². The maximum absolute atomic E-state index is 10.7. The van der Waals surface area contributed by atoms with Crippen LogP contribution in [0.4, 0.5) is 4.79 Å². The fraction of sp³-hybridized carbons (Fsp3) is 0.714. The molecule has 0 aromatic heterocycles. The number of amides is 1. The van der Waals surface area contributed by atoms with Crippen LogP contribution in [0.2, 0.25) is 0 Å². The minimum atomic E-state index is -0.898. The molecule has 0 aromatic carbocycles. The number of rotatable bonds is 3. The van der Waals surface area contributed by atoms with Gasteiger partial charge in [-0.1, -0.05) is 0 Å². The first kappa shape index (κ1) is 13.3. The number of hydrogen-bond acceptors (Lipinski definition) is 4. The summed E-state index contributed by atoms with van der Waals surface area (Å²) in [6.45, 7) is 0.362. The normalized spacial score (nSPS) is 24.1. The Morgan fingerprint density at radius 3 is 2.71 bits per heavy atom. The second kappa shape index (κ2) is 5.91. The van der Waals surface area contributed by atoms with Crippen LogP contribution >= 0.6 is 0 Å². The summed E-state index contributed by atoms with van der Waals surface area (Å²) in [5.74, 6) is -1.05. The molecule has 1 saturated heterocycles. The second-order valence-corrected chi connectivity index (χ2v) is 2.75. The molecule has 0 aliphatic carbocycles. The van der Waals surface area contributed by atoms with Crippen LogP contribution in [-0.2, 0) is 14.3 Å². The number of ether oxygens (including phenoxy) is 2. The molecule has 2 atom stereocenters. The Bertz CT molecular complexity index is 227. The molecule has 1 fully saturated rings. The number of alkyl carbamates (subject to hydrolysis) is 1. The zero-order valence-electron chi connectivity index (χ0n) is 9.15. The van der Waals surface area contributed by atoms with E-state index in [-0.39, 0.29) is 32.6 Å². The van der Waals surface area contributed by atoms with Gasteiger partial charge in [-0.2, -0.15) is 0 Å². The van der Waals surface area contributed by atoms with E-state index >= 15 is 0 Å². The molecule has 0 radical (unpaired) electrons. The van der Waals surface area contributed by atoms with Crippen LogP contribution < -0.4 is 24.2 Å². The number of nitrogens with one attached hydrogen (secondary N) is 1. The maximum atomic E-state index is 10.7. The molecular weight excluding hydrogens is 185 g/mol. The Balaban J connectivity index is 0. The van der Waals surface area contributed by atoms with Gasteiger partial charge in [0, 0.05) is 5.92 Å². The molecule has 76 valence electrons. The molecule has 0 saturated carbocycles. The SMILES string of the molecule is COC(=O)NC1OCC1CC(=O)O.[H-].[Li+]. The van der Waals surface area contributed by atoms with Gasteiger partial charge in [-0.25, -0.2) is 4.79 Å². The van der Waals surface area contributed by atoms with Gasteiger partial charge in [0.25, 0.3) is 0 Å². The van der Waals surface area contributed by atoms with Crippen LogP contribution in [0.1, 0.15) is 7.85 Å². The molecule has 2 N–H and O–H groups in total. The van der Waals surface area contributed by atoms with Crippen molar-refractivity contribution in [2.45, 2.75) is 12.6 Å². The smallest absolute Gasteiger partial charge is 1.00 e. The van der Waals surface area contributed by atoms with Gasteiger partial charge >= 0.3 is 30.9 Å². The van der Waals surface area contributed by atoms with E-state index in [1.165, 1.54) is 7.11 Å². The first-order valence-corrected chi connectivity index (χ1v) is 3.81. The van der Waals surface area contributed by atoms with E-state index in [1.807, 2.05) is 0 Å². The molecule has 0 aromatic rings. The van der Waals surface area contributed by atoms with Crippen LogP contribution in [-0.4, -0.2) is 37.1 Å². The van der Waals surface area contributed by atoms with Crippen molar-refractivity contribution in [2.24, 2.45) is 5.92 Å². The summed E-state index contributed by atoms with van der Waals surface area (Å²) in [5, 5.41) is 10.8. The molecule has 0 spiro atoms. The van der Waals surface area contributed by atoms with Gasteiger partial charge in [0.05, 0.1) is 20.1 Å². The zero-order chi connectivity index (χ0) is 9.84. The third kappa shape index (κ3) is 3.58. The van der Waals surface area contributed by atoms with E-state index < -0.39 is 18.3 Å². The van der Waals surface area contributed by atoms with Gasteiger partial charge in [-0.3, -0.25) is 10.1 Å². The van der Waals surface area contributed by atoms with Crippen molar-refractivity contribution < 1.29 is 44.5 Å². The number of aliphatic carboxylic acids is 1. The van der Waals surface area contributed by atoms with E-state index in [0.29, 0.717) is 6.61 Å². The predicted molar refractivity (Wildman–Crippen MR) is 42.1 cm³/mol. The van der Waals surface area contributed by atoms with Gasteiger partial charge in [-0.15, -0.1) is 0 Å². The van der Waals surface area contributed by atoms with Crippen LogP contribution in [0.15, 0.2) is 0 Å². The van der Waals surface area contributed by atoms with Crippen molar-refractivity contribution in [2.75, 3.05) is 13.7 Å². The zero-order valence-corrected chi connectivity index (χ0v) is 8.15. The number of methoxy groups -OCH3 is 1. The van der Waals surface area contributed by atoms with Crippen molar-refractivity contribution in [1.82, 2.24) is 5.32 Å². The summed E-state index contributed by atoms with van der Waals surface area (Å²) in [4.78, 5) is 21.0. The van der Waals surface area contributed by atoms with E-state index in [4.69, 9.17) is 9.84 Å². The number of carboxylic acids is 1. The molecule has 1 aliphatic heterocycles. The Labute approximate surface area is 94.6 Å². The number of carbonyl (C=O) groups is 2. The third-order valence-corrected chi connectivity index (χ3v) is 1.80. The summed E-state index contributed by atoms with van der Waals surface area (Å²) in [5.41, 5.74) is 0. The van der Waals surface area contributed by atoms with Gasteiger partial charge in [0.1, 0.15) is 6.23 Å². The Hall–Kier alpha value is -0.703. The quantitative estimate of drug-likeness (QED) is 0.468. The van der Waals surface area contributed by atoms with Gasteiger partial charge in [0.2, 0.25) is 0 Å². The molecule has 7 heteroatoms. The first-order chi connectivity index (χ1) is 6.13. The van der Waals surface area contributed by atoms with Crippen LogP contribution in [0.25, 0.3) is 0 Å². The van der Waals surface area contributed by atoms with Crippen molar-refractivity contribution >= 4 is 12.1 Å². The first-order valence-electron chi connectivity index (χ1n) is 3.81. The van der Waals surface area contributed by atoms with Crippen LogP contribution in [0, 0.1) is 5.92 Å². The number of carbonyl (C=O) groups excluding carboxylic acids is 1. The monoisotopic (exact) mass is 197 g/mol. The number of hydrogen-bond donors (Lipinski definition) is 2. The molecule has 2 unspecified atom stereocenters. The van der Waals surface area contributed by atoms with Crippen LogP contribution in [0.3, 0.4) is 0 Å². The average molecular weight is 197 g/mol. The summed E-state index contributed by atoms with van der Waals surface area (Å²) >= 11 is 0. The molecule has 6 nitrogen and oxygen atoms in total. The van der Waals surface area contributed by atoms with Crippen molar-refractivity contribution in [1.29, 1.82) is 0 Å². The summed E-state index contributed by atoms with van der Waals surface area (Å²) < 4.78 is 9.27. The average Bonchev–Trinajstić information content (AvgIpc) is 2.08. The van der Waals surface area contributed by atoms with Crippen molar-refractivity contribution in [3.63, 3.8) is 0 Å². The fourth-order valence-electron chi connectivity index (χ4n) is 1.05. The molecule has 1 aliphatic rings. The van der Waals surface area contributed by atoms with E-state index in [0.717, 1.165) is 0 Å². The van der Waals surface area contributed by atoms with Crippen molar-refractivity contribution in [3.8, 4) is 0 Å². The molecule has 1 amide bonds. The molecule has 1 heterocycles. The van der Waals surface area contributed by atoms with Gasteiger partial charge < -0.3 is 16.0 Å². The van der Waals surface area contributed by atoms with E-state index in [2.05, 4.69) is 10.1 Å². The fourth-order valence-corrected chi connectivity index (χ4v) is 1.05. The van der Waals surface area contributed by atoms with E-state index in [1.54, 1.807) is 0 Å². The Morgan fingerprint density at radius 1 is 1.71 bits per heavy atom. The molecular formula is C7H12LiNO5. The largest absolute Gasteiger partial charge is 1.00 e. The Morgan fingerprint density at radius 2 is 2.36 bits per heavy atom. The molecule has 1 rings (SSSR count). The minimum absolute atomic E-state index is 0. The predicted octanol–water partition coefficient (Wildman–Crippen LogP) is -3.09. The summed E-state index contributed by atoms with van der Waals surface area (Å²) in [6.07, 6.45) is -1.14. The Kier molecular flexibility index (Phi) is 5.61. The van der Waals surface area contributed by atoms with Gasteiger partial charge in [0.15, 0.2) is 0 Å². The van der Waals surface area contributed by atoms with Crippen LogP contribution in [0.5, 0.6) is 0 Å². The minimum Gasteiger partial charge on any atom is -1.00 e.